The molecule has 1 aliphatic carbocycles. The molecule has 0 bridgehead atoms. The molecule has 1 N–H and O–H groups in total. The number of phenolic OH excluding ortho intramolecular Hbond substituents is 1. The third-order valence-corrected chi connectivity index (χ3v) is 10.4. The van der Waals surface area contributed by atoms with Gasteiger partial charge in [-0.25, -0.2) is 0 Å². The van der Waals surface area contributed by atoms with Gasteiger partial charge in [-0.15, -0.1) is 0 Å². The zero-order valence-corrected chi connectivity index (χ0v) is 26.4. The Morgan fingerprint density at radius 2 is 1.68 bits per heavy atom. The number of nitrogens with zero attached hydrogens (tertiary/aromatic N) is 2. The minimum Gasteiger partial charge on any atom is -0.507 e. The lowest BCUT2D eigenvalue weighted by molar-refractivity contribution is -0.144. The van der Waals surface area contributed by atoms with Gasteiger partial charge in [0.1, 0.15) is 5.75 Å². The van der Waals surface area contributed by atoms with E-state index in [2.05, 4.69) is 49.1 Å². The number of ether oxygens (including phenoxy) is 1. The third kappa shape index (κ3) is 6.29. The van der Waals surface area contributed by atoms with Crippen LogP contribution in [0.15, 0.2) is 71.3 Å². The molecule has 0 aromatic heterocycles. The summed E-state index contributed by atoms with van der Waals surface area (Å²) in [4.78, 5) is 32.2. The molecule has 0 saturated carbocycles. The summed E-state index contributed by atoms with van der Waals surface area (Å²) in [6, 6.07) is 18.0. The van der Waals surface area contributed by atoms with Crippen molar-refractivity contribution in [1.82, 2.24) is 9.80 Å². The van der Waals surface area contributed by atoms with Crippen molar-refractivity contribution in [2.75, 3.05) is 19.7 Å². The van der Waals surface area contributed by atoms with Gasteiger partial charge in [-0.3, -0.25) is 19.4 Å². The Balaban J connectivity index is 1.15. The summed E-state index contributed by atoms with van der Waals surface area (Å²) >= 11 is 0. The van der Waals surface area contributed by atoms with Gasteiger partial charge in [0.25, 0.3) is 0 Å². The van der Waals surface area contributed by atoms with Gasteiger partial charge in [0, 0.05) is 37.2 Å². The van der Waals surface area contributed by atoms with Crippen LogP contribution in [0.2, 0.25) is 0 Å². The fraction of sp³-hybridized carbons (Fsp3) is 0.526. The summed E-state index contributed by atoms with van der Waals surface area (Å²) in [5, 5.41) is 10.3. The van der Waals surface area contributed by atoms with Gasteiger partial charge in [0.15, 0.2) is 0 Å². The van der Waals surface area contributed by atoms with Crippen LogP contribution in [-0.2, 0) is 20.9 Å². The lowest BCUT2D eigenvalue weighted by atomic mass is 9.68. The van der Waals surface area contributed by atoms with E-state index < -0.39 is 0 Å². The minimum atomic E-state index is -0.280. The zero-order valence-electron chi connectivity index (χ0n) is 26.4. The molecule has 2 aromatic rings. The Labute approximate surface area is 262 Å². The first kappa shape index (κ1) is 30.8. The number of allylic oxidation sites excluding steroid dienone is 2. The van der Waals surface area contributed by atoms with Gasteiger partial charge >= 0.3 is 0 Å². The molecular formula is C38H48N2O4. The van der Waals surface area contributed by atoms with Crippen LogP contribution in [0.1, 0.15) is 82.8 Å². The van der Waals surface area contributed by atoms with Crippen LogP contribution in [0.5, 0.6) is 5.75 Å². The summed E-state index contributed by atoms with van der Waals surface area (Å²) in [6.45, 7) is 7.63. The van der Waals surface area contributed by atoms with E-state index in [0.717, 1.165) is 76.6 Å². The van der Waals surface area contributed by atoms with Crippen LogP contribution in [-0.4, -0.2) is 58.6 Å². The van der Waals surface area contributed by atoms with E-state index in [1.54, 1.807) is 11.0 Å². The number of para-hydroxylation sites is 1. The Kier molecular flexibility index (Phi) is 9.68. The molecule has 6 heteroatoms. The molecule has 3 saturated heterocycles. The second-order valence-electron chi connectivity index (χ2n) is 13.3. The molecule has 0 radical (unpaired) electrons. The van der Waals surface area contributed by atoms with E-state index in [-0.39, 0.29) is 41.7 Å². The van der Waals surface area contributed by atoms with Crippen LogP contribution >= 0.6 is 0 Å². The largest absolute Gasteiger partial charge is 0.507 e. The van der Waals surface area contributed by atoms with Crippen LogP contribution < -0.4 is 0 Å². The van der Waals surface area contributed by atoms with Gasteiger partial charge in [-0.05, 0) is 62.1 Å². The molecule has 234 valence electrons. The number of amides is 2. The van der Waals surface area contributed by atoms with E-state index in [9.17, 15) is 14.7 Å². The molecular weight excluding hydrogens is 548 g/mol. The number of hydrogen-bond donors (Lipinski definition) is 1. The number of fused-ring (bicyclic) bond motifs is 3. The molecule has 2 amide bonds. The average molecular weight is 597 g/mol. The number of piperidine rings is 1. The van der Waals surface area contributed by atoms with Crippen molar-refractivity contribution < 1.29 is 19.4 Å². The summed E-state index contributed by atoms with van der Waals surface area (Å²) < 4.78 is 6.50. The van der Waals surface area contributed by atoms with Gasteiger partial charge in [0.2, 0.25) is 11.8 Å². The van der Waals surface area contributed by atoms with Crippen molar-refractivity contribution in [3.63, 3.8) is 0 Å². The Bertz CT molecular complexity index is 1390. The lowest BCUT2D eigenvalue weighted by Crippen LogP contribution is -2.47. The first-order valence-electron chi connectivity index (χ1n) is 16.9. The van der Waals surface area contributed by atoms with Crippen molar-refractivity contribution in [2.45, 2.75) is 90.3 Å². The molecule has 0 unspecified atom stereocenters. The number of likely N-dealkylation sites (tertiary alicyclic amines) is 2. The molecule has 6 nitrogen and oxygen atoms in total. The van der Waals surface area contributed by atoms with E-state index >= 15 is 0 Å². The highest BCUT2D eigenvalue weighted by molar-refractivity contribution is 6.06. The van der Waals surface area contributed by atoms with Crippen LogP contribution in [0.4, 0.5) is 0 Å². The van der Waals surface area contributed by atoms with E-state index in [1.165, 1.54) is 22.3 Å². The molecule has 3 heterocycles. The highest BCUT2D eigenvalue weighted by Gasteiger charge is 2.58. The molecule has 4 atom stereocenters. The Morgan fingerprint density at radius 3 is 2.41 bits per heavy atom. The Hall–Kier alpha value is -3.22. The second-order valence-corrected chi connectivity index (χ2v) is 13.3. The fourth-order valence-corrected chi connectivity index (χ4v) is 8.31. The summed E-state index contributed by atoms with van der Waals surface area (Å²) in [5.74, 6) is -0.0862. The first-order chi connectivity index (χ1) is 21.5. The third-order valence-electron chi connectivity index (χ3n) is 10.4. The number of hydrogen-bond acceptors (Lipinski definition) is 5. The van der Waals surface area contributed by atoms with E-state index in [1.807, 2.05) is 24.3 Å². The number of aromatic hydroxyl groups is 1. The molecule has 2 aromatic carbocycles. The van der Waals surface area contributed by atoms with Gasteiger partial charge in [-0.2, -0.15) is 0 Å². The maximum Gasteiger partial charge on any atom is 0.234 e. The zero-order chi connectivity index (χ0) is 30.6. The maximum absolute atomic E-state index is 14.1. The molecule has 0 spiro atoms. The van der Waals surface area contributed by atoms with Crippen molar-refractivity contribution in [3.8, 4) is 5.75 Å². The smallest absolute Gasteiger partial charge is 0.234 e. The van der Waals surface area contributed by atoms with Crippen molar-refractivity contribution in [1.29, 1.82) is 0 Å². The van der Waals surface area contributed by atoms with Crippen LogP contribution in [0.3, 0.4) is 0 Å². The van der Waals surface area contributed by atoms with Crippen LogP contribution in [0.25, 0.3) is 6.08 Å². The minimum absolute atomic E-state index is 0.0000384. The monoisotopic (exact) mass is 596 g/mol. The molecule has 6 rings (SSSR count). The predicted molar refractivity (Wildman–Crippen MR) is 174 cm³/mol. The summed E-state index contributed by atoms with van der Waals surface area (Å²) in [7, 11) is 0. The number of rotatable bonds is 11. The average Bonchev–Trinajstić information content (AvgIpc) is 3.56. The molecule has 44 heavy (non-hydrogen) atoms. The SMILES string of the molecule is CCCC1=C2[C@@H](CC/C(=C/c3ccccc3O)CCC)OC[C@@H]2[C@@H]2C(=O)N(C3CCN(Cc4ccccc4)CC3)C(=O)[C@@H]2C1. The topological polar surface area (TPSA) is 70.1 Å². The maximum atomic E-state index is 14.1. The standard InChI is InChI=1S/C38H48N2O4/c1-3-10-26(22-28-14-8-9-15-33(28)41)16-17-34-35-29(11-4-2)23-31-36(32(35)25-44-34)38(43)40(37(31)42)30-18-20-39(21-19-30)24-27-12-6-5-7-13-27/h5-9,12-15,22,30-32,34,36,41H,3-4,10-11,16-21,23-25H2,1-2H3/b26-22+/t31-,32+,34-,36-/m1/s1. The van der Waals surface area contributed by atoms with Crippen LogP contribution in [0, 0.1) is 17.8 Å². The summed E-state index contributed by atoms with van der Waals surface area (Å²) in [6.07, 6.45) is 10.3. The van der Waals surface area contributed by atoms with Crippen molar-refractivity contribution >= 4 is 17.9 Å². The molecule has 4 aliphatic rings. The quantitative estimate of drug-likeness (QED) is 0.221. The highest BCUT2D eigenvalue weighted by Crippen LogP contribution is 2.51. The molecule has 3 aliphatic heterocycles. The fourth-order valence-electron chi connectivity index (χ4n) is 8.31. The lowest BCUT2D eigenvalue weighted by Gasteiger charge is -2.36. The number of carbonyl (C=O) groups is 2. The Morgan fingerprint density at radius 1 is 0.932 bits per heavy atom. The number of carbonyl (C=O) groups excluding carboxylic acids is 2. The van der Waals surface area contributed by atoms with Crippen molar-refractivity contribution in [3.05, 3.63) is 82.4 Å². The first-order valence-corrected chi connectivity index (χ1v) is 16.9. The number of phenols is 1. The number of imide groups is 1. The normalized spacial score (nSPS) is 26.4. The predicted octanol–water partition coefficient (Wildman–Crippen LogP) is 7.14. The van der Waals surface area contributed by atoms with Gasteiger partial charge < -0.3 is 9.84 Å². The second kappa shape index (κ2) is 13.8. The van der Waals surface area contributed by atoms with Gasteiger partial charge in [-0.1, -0.05) is 92.4 Å². The number of benzene rings is 2. The molecule has 3 fully saturated rings. The summed E-state index contributed by atoms with van der Waals surface area (Å²) in [5.41, 5.74) is 6.16. The van der Waals surface area contributed by atoms with Gasteiger partial charge in [0.05, 0.1) is 24.5 Å². The van der Waals surface area contributed by atoms with E-state index in [0.29, 0.717) is 18.8 Å². The van der Waals surface area contributed by atoms with E-state index in [4.69, 9.17) is 4.74 Å². The highest BCUT2D eigenvalue weighted by atomic mass is 16.5. The van der Waals surface area contributed by atoms with Crippen molar-refractivity contribution in [2.24, 2.45) is 17.8 Å².